The molecule has 0 atom stereocenters. The SMILES string of the molecule is COc1cccc(C=NCCN(CCN=Cc2cccc(OC)c2[O-])CCN=Cc2cccc(OC)c2[O-])c1[O-].COc1cccc(C=NCCN(CCN=Cc2cccc(OC)c2[O-])CCN=Cc2cccc(OC)c2[O-])c1[O-].O.O.O.O=[N+]([O-])[O-].[Gd+2].[Ni+2].[Ni+3]. The molecule has 90 heavy (non-hydrogen) atoms. The van der Waals surface area contributed by atoms with E-state index in [4.69, 9.17) is 43.7 Å². The summed E-state index contributed by atoms with van der Waals surface area (Å²) in [5.74, 6) is 0.393. The molecule has 0 fully saturated rings. The van der Waals surface area contributed by atoms with Gasteiger partial charge in [0, 0.05) is 76.6 Å². The second-order valence-electron chi connectivity index (χ2n) is 17.4. The molecule has 0 unspecified atom stereocenters. The zero-order valence-electron chi connectivity index (χ0n) is 50.0. The first-order valence-corrected chi connectivity index (χ1v) is 26.0. The fourth-order valence-electron chi connectivity index (χ4n) is 7.61. The molecule has 0 aliphatic rings. The van der Waals surface area contributed by atoms with Crippen LogP contribution in [0.1, 0.15) is 33.4 Å². The quantitative estimate of drug-likeness (QED) is 0.0263. The Bertz CT molecular complexity index is 2670. The molecule has 30 heteroatoms. The Morgan fingerprint density at radius 3 is 0.600 bits per heavy atom. The van der Waals surface area contributed by atoms with Crippen LogP contribution in [-0.2, 0) is 33.0 Å². The number of hydrogen-bond acceptors (Lipinski definition) is 23. The van der Waals surface area contributed by atoms with Gasteiger partial charge in [0.15, 0.2) is 0 Å². The van der Waals surface area contributed by atoms with Crippen LogP contribution < -0.4 is 59.1 Å². The van der Waals surface area contributed by atoms with E-state index in [1.165, 1.54) is 42.7 Å². The van der Waals surface area contributed by atoms with Crippen molar-refractivity contribution in [2.75, 3.05) is 121 Å². The van der Waals surface area contributed by atoms with Crippen LogP contribution in [-0.4, -0.2) is 190 Å². The van der Waals surface area contributed by atoms with Crippen molar-refractivity contribution >= 4 is 37.3 Å². The molecule has 1 radical (unpaired) electrons. The second-order valence-corrected chi connectivity index (χ2v) is 17.4. The molecule has 0 heterocycles. The van der Waals surface area contributed by atoms with E-state index >= 15 is 0 Å². The van der Waals surface area contributed by atoms with Crippen molar-refractivity contribution in [3.8, 4) is 69.0 Å². The maximum atomic E-state index is 12.3. The topological polar surface area (TPSA) is 435 Å². The second kappa shape index (κ2) is 49.1. The first kappa shape index (κ1) is 86.5. The summed E-state index contributed by atoms with van der Waals surface area (Å²) >= 11 is 0. The van der Waals surface area contributed by atoms with Gasteiger partial charge < -0.3 is 90.8 Å². The van der Waals surface area contributed by atoms with Gasteiger partial charge in [-0.2, -0.15) is 0 Å². The average Bonchev–Trinajstić information content (AvgIpc) is 3.64. The van der Waals surface area contributed by atoms with Gasteiger partial charge in [0.1, 0.15) is 34.5 Å². The van der Waals surface area contributed by atoms with Crippen molar-refractivity contribution < 1.29 is 153 Å². The van der Waals surface area contributed by atoms with E-state index in [1.807, 2.05) is 0 Å². The molecule has 0 saturated carbocycles. The van der Waals surface area contributed by atoms with Crippen LogP contribution in [0.25, 0.3) is 0 Å². The van der Waals surface area contributed by atoms with Gasteiger partial charge in [0.25, 0.3) is 0 Å². The molecule has 6 aromatic rings. The Labute approximate surface area is 574 Å². The molecule has 0 bridgehead atoms. The summed E-state index contributed by atoms with van der Waals surface area (Å²) < 4.78 is 30.5. The molecule has 0 aliphatic carbocycles. The molecule has 0 spiro atoms. The molecule has 6 rings (SSSR count). The normalized spacial score (nSPS) is 10.7. The van der Waals surface area contributed by atoms with Crippen LogP contribution in [0.3, 0.4) is 0 Å². The zero-order valence-corrected chi connectivity index (χ0v) is 54.2. The summed E-state index contributed by atoms with van der Waals surface area (Å²) in [4.78, 5) is 39.0. The molecule has 0 saturated heterocycles. The van der Waals surface area contributed by atoms with Gasteiger partial charge in [-0.3, -0.25) is 39.8 Å². The van der Waals surface area contributed by atoms with Gasteiger partial charge in [-0.1, -0.05) is 107 Å². The van der Waals surface area contributed by atoms with Crippen LogP contribution in [0.2, 0.25) is 0 Å². The van der Waals surface area contributed by atoms with E-state index in [-0.39, 0.29) is 158 Å². The third-order valence-electron chi connectivity index (χ3n) is 12.0. The van der Waals surface area contributed by atoms with Gasteiger partial charge in [0.05, 0.1) is 87.0 Å². The van der Waals surface area contributed by atoms with Crippen molar-refractivity contribution in [1.29, 1.82) is 0 Å². The molecule has 6 N–H and O–H groups in total. The van der Waals surface area contributed by atoms with Crippen LogP contribution in [0, 0.1) is 55.3 Å². The average molecular weight is 1480 g/mol. The minimum absolute atomic E-state index is 0. The van der Waals surface area contributed by atoms with E-state index in [0.717, 1.165) is 0 Å². The number of nitrogens with zero attached hydrogens (tertiary/aromatic N) is 9. The van der Waals surface area contributed by atoms with Crippen LogP contribution in [0.5, 0.6) is 69.0 Å². The number of benzene rings is 6. The predicted molar refractivity (Wildman–Crippen MR) is 323 cm³/mol. The number of para-hydroxylation sites is 6. The molecular weight excluding hydrogens is 1410 g/mol. The molecule has 0 amide bonds. The predicted octanol–water partition coefficient (Wildman–Crippen LogP) is 1.07. The van der Waals surface area contributed by atoms with Crippen LogP contribution >= 0.6 is 0 Å². The van der Waals surface area contributed by atoms with Gasteiger partial charge in [-0.15, -0.1) is 0 Å². The van der Waals surface area contributed by atoms with E-state index in [9.17, 15) is 30.6 Å². The monoisotopic (exact) mass is 1480 g/mol. The largest absolute Gasteiger partial charge is 3.00 e. The Hall–Kier alpha value is -7.75. The van der Waals surface area contributed by atoms with E-state index in [2.05, 4.69) is 39.8 Å². The molecule has 27 nitrogen and oxygen atoms in total. The van der Waals surface area contributed by atoms with Crippen molar-refractivity contribution in [2.45, 2.75) is 0 Å². The van der Waals surface area contributed by atoms with Crippen molar-refractivity contribution in [1.82, 2.24) is 9.80 Å². The van der Waals surface area contributed by atoms with E-state index in [1.54, 1.807) is 146 Å². The third-order valence-corrected chi connectivity index (χ3v) is 12.0. The molecule has 6 aromatic carbocycles. The Morgan fingerprint density at radius 1 is 0.344 bits per heavy atom. The molecule has 493 valence electrons. The zero-order chi connectivity index (χ0) is 61.1. The summed E-state index contributed by atoms with van der Waals surface area (Å²) in [5, 5.41) is 88.7. The molecule has 0 aromatic heterocycles. The summed E-state index contributed by atoms with van der Waals surface area (Å²) in [6, 6.07) is 30.3. The number of aliphatic imine (C=N–C) groups is 6. The third kappa shape index (κ3) is 29.7. The number of ether oxygens (including phenoxy) is 6. The van der Waals surface area contributed by atoms with E-state index in [0.29, 0.717) is 112 Å². The number of hydrogen-bond donors (Lipinski definition) is 0. The molecular formula is C60H72GdN9Ni2O18. The maximum Gasteiger partial charge on any atom is 3.00 e. The summed E-state index contributed by atoms with van der Waals surface area (Å²) in [6.07, 6.45) is 9.31. The van der Waals surface area contributed by atoms with Gasteiger partial charge in [-0.05, 0) is 69.8 Å². The van der Waals surface area contributed by atoms with Gasteiger partial charge in [-0.25, -0.2) is 0 Å². The summed E-state index contributed by atoms with van der Waals surface area (Å²) in [5.41, 5.74) is 2.74. The van der Waals surface area contributed by atoms with Gasteiger partial charge >= 0.3 is 72.9 Å². The minimum atomic E-state index is -1.75. The fraction of sp³-hybridized carbons (Fsp3) is 0.300. The first-order valence-electron chi connectivity index (χ1n) is 26.0. The smallest absolute Gasteiger partial charge is 0.870 e. The number of methoxy groups -OCH3 is 6. The number of rotatable bonds is 30. The minimum Gasteiger partial charge on any atom is -0.870 e. The van der Waals surface area contributed by atoms with Crippen LogP contribution in [0.15, 0.2) is 139 Å². The van der Waals surface area contributed by atoms with Crippen molar-refractivity contribution in [3.05, 3.63) is 158 Å². The maximum absolute atomic E-state index is 12.3. The Morgan fingerprint density at radius 2 is 0.478 bits per heavy atom. The van der Waals surface area contributed by atoms with Crippen molar-refractivity contribution in [3.63, 3.8) is 0 Å². The fourth-order valence-corrected chi connectivity index (χ4v) is 7.61. The van der Waals surface area contributed by atoms with E-state index < -0.39 is 5.09 Å². The summed E-state index contributed by atoms with van der Waals surface area (Å²) in [6.45, 7) is 6.27. The molecule has 0 aliphatic heterocycles. The van der Waals surface area contributed by atoms with Crippen LogP contribution in [0.4, 0.5) is 0 Å². The standard InChI is InChI=1S/2C30H36N4O6.Gd.NO3.2Ni.3H2O/c2*1-38-25-10-4-7-22(28(25)35)19-31-13-16-34(17-14-32-20-23-8-5-11-26(39-2)29(23)36)18-15-33-21-24-9-6-12-27(40-3)30(24)37;;2-1(3)4;;;;;/h2*4-12,19-21,35-37H,13-18H2,1-3H3;;;;;3*1H2/q;;+2;-1;+2;+3;;;/p-6. The van der Waals surface area contributed by atoms with Crippen molar-refractivity contribution in [2.24, 2.45) is 30.0 Å². The Kier molecular flexibility index (Phi) is 47.2. The van der Waals surface area contributed by atoms with Gasteiger partial charge in [0.2, 0.25) is 0 Å². The Balaban J connectivity index is -0.00000149. The first-order chi connectivity index (χ1) is 40.7. The summed E-state index contributed by atoms with van der Waals surface area (Å²) in [7, 11) is 8.74.